The molecular formula is C20H23F2N5O2. The van der Waals surface area contributed by atoms with Gasteiger partial charge in [0, 0.05) is 30.3 Å². The lowest BCUT2D eigenvalue weighted by atomic mass is 10.0. The van der Waals surface area contributed by atoms with Gasteiger partial charge in [-0.1, -0.05) is 0 Å². The van der Waals surface area contributed by atoms with E-state index in [0.29, 0.717) is 18.5 Å². The molecule has 2 aliphatic rings. The van der Waals surface area contributed by atoms with E-state index in [1.807, 2.05) is 0 Å². The SMILES string of the molecule is CN1CCC(NC(=O)c2n[nH]c3c2CN(C(=O)c2cc(F)ccc2F)CC3)CC1. The summed E-state index contributed by atoms with van der Waals surface area (Å²) in [5.74, 6) is -2.32. The van der Waals surface area contributed by atoms with E-state index in [1.165, 1.54) is 4.90 Å². The first-order chi connectivity index (χ1) is 13.9. The number of fused-ring (bicyclic) bond motifs is 1. The Morgan fingerprint density at radius 1 is 1.21 bits per heavy atom. The summed E-state index contributed by atoms with van der Waals surface area (Å²) in [6.07, 6.45) is 2.21. The van der Waals surface area contributed by atoms with E-state index in [2.05, 4.69) is 27.5 Å². The van der Waals surface area contributed by atoms with Crippen LogP contribution in [0.1, 0.15) is 44.9 Å². The number of rotatable bonds is 3. The van der Waals surface area contributed by atoms with Crippen molar-refractivity contribution < 1.29 is 18.4 Å². The molecular weight excluding hydrogens is 380 g/mol. The lowest BCUT2D eigenvalue weighted by Crippen LogP contribution is -2.44. The molecule has 0 aliphatic carbocycles. The summed E-state index contributed by atoms with van der Waals surface area (Å²) >= 11 is 0. The molecule has 7 nitrogen and oxygen atoms in total. The second-order valence-electron chi connectivity index (χ2n) is 7.68. The standard InChI is InChI=1S/C20H23F2N5O2/c1-26-7-4-13(5-8-26)23-19(28)18-15-11-27(9-6-17(15)24-25-18)20(29)14-10-12(21)2-3-16(14)22/h2-3,10,13H,4-9,11H2,1H3,(H,23,28)(H,24,25). The summed E-state index contributed by atoms with van der Waals surface area (Å²) in [6.45, 7) is 2.30. The molecule has 1 aromatic carbocycles. The minimum atomic E-state index is -0.769. The van der Waals surface area contributed by atoms with Gasteiger partial charge >= 0.3 is 0 Å². The van der Waals surface area contributed by atoms with Gasteiger partial charge in [0.1, 0.15) is 11.6 Å². The van der Waals surface area contributed by atoms with Crippen LogP contribution in [0.25, 0.3) is 0 Å². The fraction of sp³-hybridized carbons (Fsp3) is 0.450. The number of hydrogen-bond acceptors (Lipinski definition) is 4. The van der Waals surface area contributed by atoms with Crippen molar-refractivity contribution in [3.63, 3.8) is 0 Å². The maximum absolute atomic E-state index is 14.0. The Kier molecular flexibility index (Phi) is 5.31. The largest absolute Gasteiger partial charge is 0.348 e. The van der Waals surface area contributed by atoms with Crippen molar-refractivity contribution in [1.29, 1.82) is 0 Å². The molecule has 0 saturated carbocycles. The van der Waals surface area contributed by atoms with Crippen LogP contribution in [-0.2, 0) is 13.0 Å². The number of aromatic amines is 1. The number of carbonyl (C=O) groups is 2. The lowest BCUT2D eigenvalue weighted by molar-refractivity contribution is 0.0725. The smallest absolute Gasteiger partial charge is 0.272 e. The number of nitrogens with one attached hydrogen (secondary N) is 2. The third-order valence-electron chi connectivity index (χ3n) is 5.65. The van der Waals surface area contributed by atoms with Gasteiger partial charge in [-0.05, 0) is 51.2 Å². The highest BCUT2D eigenvalue weighted by Gasteiger charge is 2.30. The summed E-state index contributed by atoms with van der Waals surface area (Å²) in [6, 6.07) is 2.91. The maximum atomic E-state index is 14.0. The molecule has 1 saturated heterocycles. The van der Waals surface area contributed by atoms with Crippen molar-refractivity contribution in [3.05, 3.63) is 52.3 Å². The van der Waals surface area contributed by atoms with Crippen molar-refractivity contribution in [2.24, 2.45) is 0 Å². The number of amides is 2. The predicted octanol–water partition coefficient (Wildman–Crippen LogP) is 1.71. The van der Waals surface area contributed by atoms with Gasteiger partial charge in [0.2, 0.25) is 0 Å². The first-order valence-corrected chi connectivity index (χ1v) is 9.72. The van der Waals surface area contributed by atoms with Crippen LogP contribution in [-0.4, -0.2) is 64.5 Å². The Hall–Kier alpha value is -2.81. The average molecular weight is 403 g/mol. The molecule has 3 heterocycles. The predicted molar refractivity (Wildman–Crippen MR) is 101 cm³/mol. The first-order valence-electron chi connectivity index (χ1n) is 9.72. The van der Waals surface area contributed by atoms with E-state index in [9.17, 15) is 18.4 Å². The molecule has 2 aromatic rings. The Balaban J connectivity index is 1.49. The number of H-pyrrole nitrogens is 1. The molecule has 0 atom stereocenters. The molecule has 2 aliphatic heterocycles. The Morgan fingerprint density at radius 3 is 2.72 bits per heavy atom. The van der Waals surface area contributed by atoms with E-state index in [4.69, 9.17) is 0 Å². The quantitative estimate of drug-likeness (QED) is 0.818. The zero-order chi connectivity index (χ0) is 20.5. The second kappa shape index (κ2) is 7.90. The van der Waals surface area contributed by atoms with Crippen LogP contribution in [0.4, 0.5) is 8.78 Å². The second-order valence-corrected chi connectivity index (χ2v) is 7.68. The normalized spacial score (nSPS) is 17.8. The first kappa shape index (κ1) is 19.5. The minimum absolute atomic E-state index is 0.0914. The molecule has 0 unspecified atom stereocenters. The average Bonchev–Trinajstić information content (AvgIpc) is 3.14. The van der Waals surface area contributed by atoms with E-state index in [-0.39, 0.29) is 29.8 Å². The number of likely N-dealkylation sites (tertiary alicyclic amines) is 1. The van der Waals surface area contributed by atoms with Gasteiger partial charge < -0.3 is 15.1 Å². The summed E-state index contributed by atoms with van der Waals surface area (Å²) in [4.78, 5) is 29.1. The lowest BCUT2D eigenvalue weighted by Gasteiger charge is -2.30. The number of benzene rings is 1. The summed E-state index contributed by atoms with van der Waals surface area (Å²) in [5.41, 5.74) is 1.37. The van der Waals surface area contributed by atoms with Crippen molar-refractivity contribution in [2.75, 3.05) is 26.7 Å². The van der Waals surface area contributed by atoms with Gasteiger partial charge in [-0.3, -0.25) is 14.7 Å². The van der Waals surface area contributed by atoms with Crippen LogP contribution < -0.4 is 5.32 Å². The molecule has 0 bridgehead atoms. The van der Waals surface area contributed by atoms with Crippen LogP contribution >= 0.6 is 0 Å². The van der Waals surface area contributed by atoms with Crippen molar-refractivity contribution in [3.8, 4) is 0 Å². The molecule has 4 rings (SSSR count). The van der Waals surface area contributed by atoms with E-state index >= 15 is 0 Å². The third kappa shape index (κ3) is 4.00. The van der Waals surface area contributed by atoms with E-state index in [0.717, 1.165) is 49.8 Å². The van der Waals surface area contributed by atoms with E-state index < -0.39 is 17.5 Å². The molecule has 1 aromatic heterocycles. The molecule has 1 fully saturated rings. The van der Waals surface area contributed by atoms with Crippen LogP contribution in [0.15, 0.2) is 18.2 Å². The van der Waals surface area contributed by atoms with Crippen LogP contribution in [0.5, 0.6) is 0 Å². The fourth-order valence-electron chi connectivity index (χ4n) is 3.89. The van der Waals surface area contributed by atoms with Crippen molar-refractivity contribution >= 4 is 11.8 Å². The van der Waals surface area contributed by atoms with Gasteiger partial charge in [-0.15, -0.1) is 0 Å². The molecule has 9 heteroatoms. The van der Waals surface area contributed by atoms with Gasteiger partial charge in [-0.25, -0.2) is 8.78 Å². The third-order valence-corrected chi connectivity index (χ3v) is 5.65. The number of nitrogens with zero attached hydrogens (tertiary/aromatic N) is 3. The minimum Gasteiger partial charge on any atom is -0.348 e. The van der Waals surface area contributed by atoms with E-state index in [1.54, 1.807) is 0 Å². The highest BCUT2D eigenvalue weighted by Crippen LogP contribution is 2.23. The zero-order valence-electron chi connectivity index (χ0n) is 16.2. The zero-order valence-corrected chi connectivity index (χ0v) is 16.2. The van der Waals surface area contributed by atoms with Crippen molar-refractivity contribution in [2.45, 2.75) is 31.8 Å². The molecule has 2 amide bonds. The molecule has 0 spiro atoms. The molecule has 2 N–H and O–H groups in total. The fourth-order valence-corrected chi connectivity index (χ4v) is 3.89. The number of piperidine rings is 1. The van der Waals surface area contributed by atoms with Gasteiger partial charge in [0.05, 0.1) is 12.1 Å². The van der Waals surface area contributed by atoms with Crippen molar-refractivity contribution in [1.82, 2.24) is 25.3 Å². The number of hydrogen-bond donors (Lipinski definition) is 2. The Labute approximate surface area is 167 Å². The van der Waals surface area contributed by atoms with Crippen LogP contribution in [0.3, 0.4) is 0 Å². The maximum Gasteiger partial charge on any atom is 0.272 e. The number of halogens is 2. The summed E-state index contributed by atoms with van der Waals surface area (Å²) in [5, 5.41) is 10.1. The highest BCUT2D eigenvalue weighted by atomic mass is 19.1. The Morgan fingerprint density at radius 2 is 1.97 bits per heavy atom. The van der Waals surface area contributed by atoms with Gasteiger partial charge in [0.25, 0.3) is 11.8 Å². The number of carbonyl (C=O) groups excluding carboxylic acids is 2. The van der Waals surface area contributed by atoms with Crippen LogP contribution in [0, 0.1) is 11.6 Å². The summed E-state index contributed by atoms with van der Waals surface area (Å²) < 4.78 is 27.5. The monoisotopic (exact) mass is 403 g/mol. The van der Waals surface area contributed by atoms with Gasteiger partial charge in [-0.2, -0.15) is 5.10 Å². The molecule has 0 radical (unpaired) electrons. The van der Waals surface area contributed by atoms with Gasteiger partial charge in [0.15, 0.2) is 5.69 Å². The molecule has 154 valence electrons. The molecule has 29 heavy (non-hydrogen) atoms. The number of aromatic nitrogens is 2. The topological polar surface area (TPSA) is 81.3 Å². The van der Waals surface area contributed by atoms with Crippen LogP contribution in [0.2, 0.25) is 0 Å². The highest BCUT2D eigenvalue weighted by molar-refractivity contribution is 5.96. The summed E-state index contributed by atoms with van der Waals surface area (Å²) in [7, 11) is 2.05. The Bertz CT molecular complexity index is 937.